The maximum Gasteiger partial charge on any atom is 0.122 e. The minimum Gasteiger partial charge on any atom is -0.496 e. The third kappa shape index (κ3) is 3.84. The van der Waals surface area contributed by atoms with Crippen LogP contribution >= 0.6 is 0 Å². The average Bonchev–Trinajstić information content (AvgIpc) is 2.38. The SMILES string of the molecule is COc1ccc(C)cc1CC(O)Cc1cccc(C)c1. The fourth-order valence-electron chi connectivity index (χ4n) is 2.50. The number of hydrogen-bond acceptors (Lipinski definition) is 2. The summed E-state index contributed by atoms with van der Waals surface area (Å²) in [6, 6.07) is 14.3. The fourth-order valence-corrected chi connectivity index (χ4v) is 2.50. The molecule has 0 radical (unpaired) electrons. The first-order valence-electron chi connectivity index (χ1n) is 6.95. The molecule has 2 rings (SSSR count). The van der Waals surface area contributed by atoms with Crippen LogP contribution in [0, 0.1) is 13.8 Å². The maximum atomic E-state index is 10.3. The summed E-state index contributed by atoms with van der Waals surface area (Å²) < 4.78 is 5.36. The Morgan fingerprint density at radius 2 is 1.75 bits per heavy atom. The van der Waals surface area contributed by atoms with Crippen molar-refractivity contribution in [3.8, 4) is 5.75 Å². The zero-order chi connectivity index (χ0) is 14.5. The van der Waals surface area contributed by atoms with Crippen molar-refractivity contribution in [2.75, 3.05) is 7.11 Å². The summed E-state index contributed by atoms with van der Waals surface area (Å²) in [6.07, 6.45) is 0.880. The average molecular weight is 270 g/mol. The van der Waals surface area contributed by atoms with Gasteiger partial charge in [-0.2, -0.15) is 0 Å². The van der Waals surface area contributed by atoms with Crippen molar-refractivity contribution >= 4 is 0 Å². The number of ether oxygens (including phenoxy) is 1. The molecule has 2 aromatic rings. The van der Waals surface area contributed by atoms with Crippen molar-refractivity contribution in [3.63, 3.8) is 0 Å². The van der Waals surface area contributed by atoms with E-state index in [9.17, 15) is 5.11 Å². The first-order valence-corrected chi connectivity index (χ1v) is 6.95. The van der Waals surface area contributed by atoms with Crippen molar-refractivity contribution < 1.29 is 9.84 Å². The van der Waals surface area contributed by atoms with Crippen molar-refractivity contribution in [1.82, 2.24) is 0 Å². The lowest BCUT2D eigenvalue weighted by atomic mass is 9.99. The zero-order valence-electron chi connectivity index (χ0n) is 12.4. The molecule has 0 saturated heterocycles. The van der Waals surface area contributed by atoms with Gasteiger partial charge in [0.05, 0.1) is 13.2 Å². The molecule has 1 unspecified atom stereocenters. The second-order valence-corrected chi connectivity index (χ2v) is 5.37. The van der Waals surface area contributed by atoms with E-state index in [2.05, 4.69) is 38.1 Å². The monoisotopic (exact) mass is 270 g/mol. The normalized spacial score (nSPS) is 12.2. The summed E-state index contributed by atoms with van der Waals surface area (Å²) in [4.78, 5) is 0. The summed E-state index contributed by atoms with van der Waals surface area (Å²) >= 11 is 0. The molecular formula is C18H22O2. The Balaban J connectivity index is 2.08. The van der Waals surface area contributed by atoms with E-state index in [1.54, 1.807) is 7.11 Å². The molecule has 2 nitrogen and oxygen atoms in total. The van der Waals surface area contributed by atoms with Crippen LogP contribution in [-0.4, -0.2) is 18.3 Å². The molecule has 0 aliphatic rings. The molecule has 2 heteroatoms. The van der Waals surface area contributed by atoms with E-state index < -0.39 is 6.10 Å². The summed E-state index contributed by atoms with van der Waals surface area (Å²) in [7, 11) is 1.67. The summed E-state index contributed by atoms with van der Waals surface area (Å²) in [6.45, 7) is 4.12. The number of benzene rings is 2. The highest BCUT2D eigenvalue weighted by Crippen LogP contribution is 2.22. The van der Waals surface area contributed by atoms with Crippen LogP contribution in [0.4, 0.5) is 0 Å². The van der Waals surface area contributed by atoms with Crippen molar-refractivity contribution in [3.05, 3.63) is 64.7 Å². The number of aryl methyl sites for hydroxylation is 2. The van der Waals surface area contributed by atoms with Gasteiger partial charge >= 0.3 is 0 Å². The van der Waals surface area contributed by atoms with Gasteiger partial charge in [0.15, 0.2) is 0 Å². The molecule has 0 heterocycles. The standard InChI is InChI=1S/C18H22O2/c1-13-5-4-6-15(9-13)11-17(19)12-16-10-14(2)7-8-18(16)20-3/h4-10,17,19H,11-12H2,1-3H3. The van der Waals surface area contributed by atoms with Crippen LogP contribution in [0.2, 0.25) is 0 Å². The summed E-state index contributed by atoms with van der Waals surface area (Å²) in [5, 5.41) is 10.3. The van der Waals surface area contributed by atoms with E-state index in [1.165, 1.54) is 16.7 Å². The molecule has 20 heavy (non-hydrogen) atoms. The zero-order valence-corrected chi connectivity index (χ0v) is 12.4. The van der Waals surface area contributed by atoms with Gasteiger partial charge < -0.3 is 9.84 Å². The lowest BCUT2D eigenvalue weighted by Gasteiger charge is -2.14. The Labute approximate surface area is 121 Å². The highest BCUT2D eigenvalue weighted by atomic mass is 16.5. The molecule has 1 atom stereocenters. The second-order valence-electron chi connectivity index (χ2n) is 5.37. The topological polar surface area (TPSA) is 29.5 Å². The Hall–Kier alpha value is -1.80. The van der Waals surface area contributed by atoms with Crippen molar-refractivity contribution in [1.29, 1.82) is 0 Å². The van der Waals surface area contributed by atoms with E-state index in [1.807, 2.05) is 18.2 Å². The summed E-state index contributed by atoms with van der Waals surface area (Å²) in [5.41, 5.74) is 4.64. The summed E-state index contributed by atoms with van der Waals surface area (Å²) in [5.74, 6) is 0.846. The van der Waals surface area contributed by atoms with Crippen LogP contribution in [0.25, 0.3) is 0 Å². The number of hydrogen-bond donors (Lipinski definition) is 1. The lowest BCUT2D eigenvalue weighted by Crippen LogP contribution is -2.14. The number of aliphatic hydroxyl groups excluding tert-OH is 1. The van der Waals surface area contributed by atoms with Gasteiger partial charge in [-0.1, -0.05) is 47.5 Å². The lowest BCUT2D eigenvalue weighted by molar-refractivity contribution is 0.174. The third-order valence-electron chi connectivity index (χ3n) is 3.45. The van der Waals surface area contributed by atoms with Gasteiger partial charge in [0, 0.05) is 6.42 Å². The number of methoxy groups -OCH3 is 1. The van der Waals surface area contributed by atoms with Crippen LogP contribution in [0.3, 0.4) is 0 Å². The molecule has 2 aromatic carbocycles. The Bertz CT molecular complexity index is 575. The van der Waals surface area contributed by atoms with Crippen molar-refractivity contribution in [2.45, 2.75) is 32.8 Å². The van der Waals surface area contributed by atoms with E-state index in [0.717, 1.165) is 11.3 Å². The number of rotatable bonds is 5. The molecule has 0 aliphatic heterocycles. The molecule has 0 aliphatic carbocycles. The minimum atomic E-state index is -0.396. The Morgan fingerprint density at radius 1 is 1.00 bits per heavy atom. The first kappa shape index (κ1) is 14.6. The number of aliphatic hydroxyl groups is 1. The van der Waals surface area contributed by atoms with E-state index >= 15 is 0 Å². The molecule has 106 valence electrons. The van der Waals surface area contributed by atoms with Crippen molar-refractivity contribution in [2.24, 2.45) is 0 Å². The molecule has 0 fully saturated rings. The predicted octanol–water partition coefficient (Wildman–Crippen LogP) is 3.46. The maximum absolute atomic E-state index is 10.3. The predicted molar refractivity (Wildman–Crippen MR) is 82.3 cm³/mol. The van der Waals surface area contributed by atoms with Crippen LogP contribution in [0.1, 0.15) is 22.3 Å². The quantitative estimate of drug-likeness (QED) is 0.901. The van der Waals surface area contributed by atoms with Gasteiger partial charge in [-0.15, -0.1) is 0 Å². The van der Waals surface area contributed by atoms with E-state index in [-0.39, 0.29) is 0 Å². The minimum absolute atomic E-state index is 0.396. The smallest absolute Gasteiger partial charge is 0.122 e. The van der Waals surface area contributed by atoms with Gasteiger partial charge in [0.1, 0.15) is 5.75 Å². The van der Waals surface area contributed by atoms with Gasteiger partial charge in [-0.3, -0.25) is 0 Å². The van der Waals surface area contributed by atoms with Gasteiger partial charge in [0.25, 0.3) is 0 Å². The molecule has 0 amide bonds. The van der Waals surface area contributed by atoms with Gasteiger partial charge in [0.2, 0.25) is 0 Å². The van der Waals surface area contributed by atoms with E-state index in [0.29, 0.717) is 12.8 Å². The Kier molecular flexibility index (Phi) is 4.80. The molecule has 0 spiro atoms. The van der Waals surface area contributed by atoms with Crippen LogP contribution in [0.15, 0.2) is 42.5 Å². The third-order valence-corrected chi connectivity index (χ3v) is 3.45. The van der Waals surface area contributed by atoms with Crippen LogP contribution in [-0.2, 0) is 12.8 Å². The highest BCUT2D eigenvalue weighted by Gasteiger charge is 2.11. The second kappa shape index (κ2) is 6.58. The molecule has 1 N–H and O–H groups in total. The highest BCUT2D eigenvalue weighted by molar-refractivity contribution is 5.37. The largest absolute Gasteiger partial charge is 0.496 e. The van der Waals surface area contributed by atoms with Gasteiger partial charge in [-0.05, 0) is 37.5 Å². The molecular weight excluding hydrogens is 248 g/mol. The van der Waals surface area contributed by atoms with Crippen LogP contribution < -0.4 is 4.74 Å². The van der Waals surface area contributed by atoms with Gasteiger partial charge in [-0.25, -0.2) is 0 Å². The molecule has 0 aromatic heterocycles. The first-order chi connectivity index (χ1) is 9.58. The molecule has 0 saturated carbocycles. The van der Waals surface area contributed by atoms with E-state index in [4.69, 9.17) is 4.74 Å². The van der Waals surface area contributed by atoms with Crippen LogP contribution in [0.5, 0.6) is 5.75 Å². The fraction of sp³-hybridized carbons (Fsp3) is 0.333. The molecule has 0 bridgehead atoms. The Morgan fingerprint density at radius 3 is 2.45 bits per heavy atom.